The zero-order chi connectivity index (χ0) is 15.7. The van der Waals surface area contributed by atoms with Crippen molar-refractivity contribution in [1.29, 1.82) is 0 Å². The van der Waals surface area contributed by atoms with E-state index in [4.69, 9.17) is 4.74 Å². The number of nitrogens with one attached hydrogen (secondary N) is 1. The molecule has 0 bridgehead atoms. The van der Waals surface area contributed by atoms with Crippen LogP contribution in [-0.2, 0) is 9.53 Å². The van der Waals surface area contributed by atoms with Crippen LogP contribution in [0.2, 0.25) is 0 Å². The van der Waals surface area contributed by atoms with Crippen molar-refractivity contribution in [3.8, 4) is 0 Å². The summed E-state index contributed by atoms with van der Waals surface area (Å²) in [4.78, 5) is 14.5. The zero-order valence-electron chi connectivity index (χ0n) is 13.1. The highest BCUT2D eigenvalue weighted by Gasteiger charge is 2.21. The minimum absolute atomic E-state index is 0.227. The molecule has 0 spiro atoms. The standard InChI is InChI=1S/C16H25BrN2O2/c1-4-19(5-2)11-10-18-15(16(20)21-6-3)13-8-7-9-14(17)12-13/h7-9,12,15,18H,4-6,10-11H2,1-3H3. The Balaban J connectivity index is 2.71. The molecule has 1 atom stereocenters. The van der Waals surface area contributed by atoms with Gasteiger partial charge >= 0.3 is 5.97 Å². The Hall–Kier alpha value is -0.910. The summed E-state index contributed by atoms with van der Waals surface area (Å²) in [5, 5.41) is 3.31. The number of benzene rings is 1. The van der Waals surface area contributed by atoms with Gasteiger partial charge < -0.3 is 9.64 Å². The van der Waals surface area contributed by atoms with Crippen LogP contribution in [0.3, 0.4) is 0 Å². The monoisotopic (exact) mass is 356 g/mol. The van der Waals surface area contributed by atoms with Gasteiger partial charge in [-0.15, -0.1) is 0 Å². The maximum Gasteiger partial charge on any atom is 0.327 e. The van der Waals surface area contributed by atoms with E-state index in [0.29, 0.717) is 6.61 Å². The van der Waals surface area contributed by atoms with Gasteiger partial charge in [0.1, 0.15) is 6.04 Å². The summed E-state index contributed by atoms with van der Waals surface area (Å²) in [7, 11) is 0. The second-order valence-corrected chi connectivity index (χ2v) is 5.64. The average molecular weight is 357 g/mol. The first-order valence-electron chi connectivity index (χ1n) is 7.50. The number of halogens is 1. The van der Waals surface area contributed by atoms with E-state index in [9.17, 15) is 4.79 Å². The Kier molecular flexibility index (Phi) is 8.57. The van der Waals surface area contributed by atoms with Crippen molar-refractivity contribution < 1.29 is 9.53 Å². The van der Waals surface area contributed by atoms with Crippen molar-refractivity contribution in [2.24, 2.45) is 0 Å². The lowest BCUT2D eigenvalue weighted by Crippen LogP contribution is -2.37. The smallest absolute Gasteiger partial charge is 0.327 e. The van der Waals surface area contributed by atoms with Crippen LogP contribution in [0.15, 0.2) is 28.7 Å². The molecule has 21 heavy (non-hydrogen) atoms. The van der Waals surface area contributed by atoms with Gasteiger partial charge in [0.15, 0.2) is 0 Å². The van der Waals surface area contributed by atoms with Crippen molar-refractivity contribution in [2.45, 2.75) is 26.8 Å². The quantitative estimate of drug-likeness (QED) is 0.690. The fourth-order valence-electron chi connectivity index (χ4n) is 2.16. The molecule has 1 rings (SSSR count). The van der Waals surface area contributed by atoms with Crippen LogP contribution in [0, 0.1) is 0 Å². The highest BCUT2D eigenvalue weighted by Crippen LogP contribution is 2.19. The van der Waals surface area contributed by atoms with E-state index < -0.39 is 6.04 Å². The summed E-state index contributed by atoms with van der Waals surface area (Å²) in [6, 6.07) is 7.35. The molecular formula is C16H25BrN2O2. The topological polar surface area (TPSA) is 41.6 Å². The normalized spacial score (nSPS) is 12.4. The van der Waals surface area contributed by atoms with Crippen molar-refractivity contribution in [2.75, 3.05) is 32.8 Å². The van der Waals surface area contributed by atoms with Crippen molar-refractivity contribution in [3.63, 3.8) is 0 Å². The zero-order valence-corrected chi connectivity index (χ0v) is 14.6. The summed E-state index contributed by atoms with van der Waals surface area (Å²) in [6.07, 6.45) is 0. The van der Waals surface area contributed by atoms with Crippen LogP contribution in [0.5, 0.6) is 0 Å². The first-order chi connectivity index (χ1) is 10.1. The van der Waals surface area contributed by atoms with Gasteiger partial charge in [0.25, 0.3) is 0 Å². The van der Waals surface area contributed by atoms with Crippen LogP contribution in [0.1, 0.15) is 32.4 Å². The average Bonchev–Trinajstić information content (AvgIpc) is 2.47. The molecule has 0 aromatic heterocycles. The first kappa shape index (κ1) is 18.1. The third-order valence-corrected chi connectivity index (χ3v) is 3.87. The minimum Gasteiger partial charge on any atom is -0.465 e. The number of rotatable bonds is 9. The van der Waals surface area contributed by atoms with Crippen molar-refractivity contribution >= 4 is 21.9 Å². The molecule has 5 heteroatoms. The number of hydrogen-bond acceptors (Lipinski definition) is 4. The van der Waals surface area contributed by atoms with Crippen molar-refractivity contribution in [3.05, 3.63) is 34.3 Å². The predicted molar refractivity (Wildman–Crippen MR) is 89.3 cm³/mol. The fraction of sp³-hybridized carbons (Fsp3) is 0.562. The number of nitrogens with zero attached hydrogens (tertiary/aromatic N) is 1. The van der Waals surface area contributed by atoms with Crippen LogP contribution in [0.4, 0.5) is 0 Å². The number of hydrogen-bond donors (Lipinski definition) is 1. The van der Waals surface area contributed by atoms with E-state index in [1.807, 2.05) is 31.2 Å². The Bertz CT molecular complexity index is 436. The molecule has 0 aliphatic heterocycles. The summed E-state index contributed by atoms with van der Waals surface area (Å²) < 4.78 is 6.14. The van der Waals surface area contributed by atoms with Gasteiger partial charge in [-0.05, 0) is 37.7 Å². The second kappa shape index (κ2) is 9.92. The predicted octanol–water partition coefficient (Wildman–Crippen LogP) is 2.98. The molecule has 0 heterocycles. The summed E-state index contributed by atoms with van der Waals surface area (Å²) >= 11 is 3.44. The van der Waals surface area contributed by atoms with Gasteiger partial charge in [-0.3, -0.25) is 5.32 Å². The Morgan fingerprint density at radius 2 is 2.05 bits per heavy atom. The van der Waals surface area contributed by atoms with E-state index >= 15 is 0 Å². The Morgan fingerprint density at radius 1 is 1.33 bits per heavy atom. The SMILES string of the molecule is CCOC(=O)C(NCCN(CC)CC)c1cccc(Br)c1. The lowest BCUT2D eigenvalue weighted by Gasteiger charge is -2.22. The van der Waals surface area contributed by atoms with Gasteiger partial charge in [0.2, 0.25) is 0 Å². The molecule has 0 aliphatic rings. The molecule has 0 amide bonds. The molecule has 0 aliphatic carbocycles. The van der Waals surface area contributed by atoms with Crippen LogP contribution in [-0.4, -0.2) is 43.7 Å². The highest BCUT2D eigenvalue weighted by molar-refractivity contribution is 9.10. The minimum atomic E-state index is -0.419. The molecule has 1 unspecified atom stereocenters. The number of esters is 1. The van der Waals surface area contributed by atoms with E-state index in [1.54, 1.807) is 0 Å². The number of ether oxygens (including phenoxy) is 1. The van der Waals surface area contributed by atoms with E-state index in [1.165, 1.54) is 0 Å². The Labute approximate surface area is 136 Å². The van der Waals surface area contributed by atoms with Gasteiger partial charge in [-0.2, -0.15) is 0 Å². The molecular weight excluding hydrogens is 332 g/mol. The van der Waals surface area contributed by atoms with Crippen LogP contribution >= 0.6 is 15.9 Å². The molecule has 0 fully saturated rings. The summed E-state index contributed by atoms with van der Waals surface area (Å²) in [5.74, 6) is -0.227. The van der Waals surface area contributed by atoms with Gasteiger partial charge in [0, 0.05) is 17.6 Å². The van der Waals surface area contributed by atoms with Crippen LogP contribution < -0.4 is 5.32 Å². The molecule has 1 aromatic rings. The molecule has 0 radical (unpaired) electrons. The maximum absolute atomic E-state index is 12.2. The number of likely N-dealkylation sites (N-methyl/N-ethyl adjacent to an activating group) is 1. The van der Waals surface area contributed by atoms with E-state index in [-0.39, 0.29) is 5.97 Å². The number of carbonyl (C=O) groups excluding carboxylic acids is 1. The van der Waals surface area contributed by atoms with Crippen LogP contribution in [0.25, 0.3) is 0 Å². The van der Waals surface area contributed by atoms with E-state index in [2.05, 4.69) is 40.0 Å². The molecule has 0 saturated heterocycles. The first-order valence-corrected chi connectivity index (χ1v) is 8.29. The molecule has 0 saturated carbocycles. The summed E-state index contributed by atoms with van der Waals surface area (Å²) in [6.45, 7) is 10.2. The lowest BCUT2D eigenvalue weighted by molar-refractivity contribution is -0.145. The van der Waals surface area contributed by atoms with Crippen molar-refractivity contribution in [1.82, 2.24) is 10.2 Å². The fourth-order valence-corrected chi connectivity index (χ4v) is 2.57. The molecule has 1 aromatic carbocycles. The Morgan fingerprint density at radius 3 is 2.62 bits per heavy atom. The largest absolute Gasteiger partial charge is 0.465 e. The second-order valence-electron chi connectivity index (χ2n) is 4.72. The van der Waals surface area contributed by atoms with Gasteiger partial charge in [-0.25, -0.2) is 4.79 Å². The van der Waals surface area contributed by atoms with Gasteiger partial charge in [0.05, 0.1) is 6.61 Å². The highest BCUT2D eigenvalue weighted by atomic mass is 79.9. The number of carbonyl (C=O) groups is 1. The van der Waals surface area contributed by atoms with E-state index in [0.717, 1.165) is 36.2 Å². The summed E-state index contributed by atoms with van der Waals surface area (Å²) in [5.41, 5.74) is 0.919. The maximum atomic E-state index is 12.2. The lowest BCUT2D eigenvalue weighted by atomic mass is 10.1. The third-order valence-electron chi connectivity index (χ3n) is 3.38. The van der Waals surface area contributed by atoms with Gasteiger partial charge in [-0.1, -0.05) is 41.9 Å². The molecule has 118 valence electrons. The molecule has 4 nitrogen and oxygen atoms in total. The molecule has 1 N–H and O–H groups in total. The third kappa shape index (κ3) is 6.16.